The first-order valence-corrected chi connectivity index (χ1v) is 5.61. The van der Waals surface area contributed by atoms with Gasteiger partial charge >= 0.3 is 0 Å². The topological polar surface area (TPSA) is 37.4 Å². The molecule has 1 aromatic carbocycles. The van der Waals surface area contributed by atoms with E-state index in [0.29, 0.717) is 12.1 Å². The molecule has 1 fully saturated rings. The third-order valence-corrected chi connectivity index (χ3v) is 2.97. The van der Waals surface area contributed by atoms with Crippen molar-refractivity contribution in [3.63, 3.8) is 0 Å². The van der Waals surface area contributed by atoms with E-state index in [1.807, 2.05) is 25.1 Å². The number of carbonyl (C=O) groups is 2. The zero-order valence-corrected chi connectivity index (χ0v) is 9.35. The summed E-state index contributed by atoms with van der Waals surface area (Å²) in [4.78, 5) is 25.3. The predicted molar refractivity (Wildman–Crippen MR) is 60.9 cm³/mol. The van der Waals surface area contributed by atoms with E-state index >= 15 is 0 Å². The Kier molecular flexibility index (Phi) is 3.04. The average Bonchev–Trinajstić information content (AvgIpc) is 2.33. The maximum Gasteiger partial charge on any atom is 0.260 e. The Morgan fingerprint density at radius 2 is 2.00 bits per heavy atom. The second-order valence-corrected chi connectivity index (χ2v) is 4.20. The van der Waals surface area contributed by atoms with Gasteiger partial charge in [-0.25, -0.2) is 0 Å². The van der Waals surface area contributed by atoms with E-state index in [0.717, 1.165) is 12.8 Å². The fraction of sp³-hybridized carbons (Fsp3) is 0.385. The maximum absolute atomic E-state index is 12.1. The first-order chi connectivity index (χ1) is 7.70. The number of nitrogens with zero attached hydrogens (tertiary/aromatic N) is 1. The highest BCUT2D eigenvalue weighted by Gasteiger charge is 2.30. The minimum Gasteiger partial charge on any atom is -0.278 e. The Bertz CT molecular complexity index is 400. The van der Waals surface area contributed by atoms with Gasteiger partial charge in [-0.1, -0.05) is 25.1 Å². The van der Waals surface area contributed by atoms with Crippen molar-refractivity contribution in [2.24, 2.45) is 5.92 Å². The smallest absolute Gasteiger partial charge is 0.260 e. The van der Waals surface area contributed by atoms with Crippen molar-refractivity contribution in [1.82, 2.24) is 4.90 Å². The van der Waals surface area contributed by atoms with Crippen molar-refractivity contribution < 1.29 is 9.59 Å². The number of hydrogen-bond acceptors (Lipinski definition) is 2. The molecule has 0 N–H and O–H groups in total. The molecule has 0 bridgehead atoms. The molecule has 3 nitrogen and oxygen atoms in total. The van der Waals surface area contributed by atoms with Gasteiger partial charge < -0.3 is 0 Å². The lowest BCUT2D eigenvalue weighted by Gasteiger charge is -2.28. The van der Waals surface area contributed by atoms with Crippen molar-refractivity contribution in [1.29, 1.82) is 0 Å². The minimum absolute atomic E-state index is 0.0265. The van der Waals surface area contributed by atoms with Crippen LogP contribution in [0.25, 0.3) is 0 Å². The molecular formula is C13H15NO2. The van der Waals surface area contributed by atoms with Gasteiger partial charge in [0.25, 0.3) is 5.91 Å². The number of imide groups is 1. The average molecular weight is 217 g/mol. The van der Waals surface area contributed by atoms with E-state index in [4.69, 9.17) is 0 Å². The molecule has 1 unspecified atom stereocenters. The summed E-state index contributed by atoms with van der Waals surface area (Å²) < 4.78 is 0. The second-order valence-electron chi connectivity index (χ2n) is 4.20. The summed E-state index contributed by atoms with van der Waals surface area (Å²) in [6.45, 7) is 2.43. The number of carbonyl (C=O) groups excluding carboxylic acids is 2. The van der Waals surface area contributed by atoms with Gasteiger partial charge in [0, 0.05) is 18.0 Å². The minimum atomic E-state index is -0.169. The molecule has 1 aromatic rings. The highest BCUT2D eigenvalue weighted by atomic mass is 16.2. The van der Waals surface area contributed by atoms with Gasteiger partial charge in [0.1, 0.15) is 0 Å². The van der Waals surface area contributed by atoms with Crippen LogP contribution in [0.5, 0.6) is 0 Å². The largest absolute Gasteiger partial charge is 0.278 e. The zero-order chi connectivity index (χ0) is 11.5. The van der Waals surface area contributed by atoms with Gasteiger partial charge in [0.2, 0.25) is 5.91 Å². The van der Waals surface area contributed by atoms with Crippen molar-refractivity contribution in [2.75, 3.05) is 6.54 Å². The van der Waals surface area contributed by atoms with Crippen molar-refractivity contribution in [3.05, 3.63) is 35.9 Å². The van der Waals surface area contributed by atoms with E-state index in [1.165, 1.54) is 4.90 Å². The van der Waals surface area contributed by atoms with Gasteiger partial charge in [-0.2, -0.15) is 0 Å². The number of amides is 2. The number of hydrogen-bond donors (Lipinski definition) is 0. The molecule has 2 amide bonds. The van der Waals surface area contributed by atoms with Crippen molar-refractivity contribution in [3.8, 4) is 0 Å². The highest BCUT2D eigenvalue weighted by molar-refractivity contribution is 6.05. The van der Waals surface area contributed by atoms with Gasteiger partial charge in [0.15, 0.2) is 0 Å². The van der Waals surface area contributed by atoms with Crippen LogP contribution in [0.15, 0.2) is 30.3 Å². The molecular weight excluding hydrogens is 202 g/mol. The van der Waals surface area contributed by atoms with Crippen LogP contribution >= 0.6 is 0 Å². The summed E-state index contributed by atoms with van der Waals surface area (Å²) >= 11 is 0. The summed E-state index contributed by atoms with van der Waals surface area (Å²) in [5.74, 6) is -0.237. The molecule has 16 heavy (non-hydrogen) atoms. The van der Waals surface area contributed by atoms with Gasteiger partial charge in [-0.05, 0) is 25.0 Å². The van der Waals surface area contributed by atoms with Gasteiger partial charge in [-0.15, -0.1) is 0 Å². The van der Waals surface area contributed by atoms with Crippen LogP contribution in [-0.2, 0) is 4.79 Å². The molecule has 0 radical (unpaired) electrons. The summed E-state index contributed by atoms with van der Waals surface area (Å²) in [5.41, 5.74) is 0.588. The Labute approximate surface area is 95.1 Å². The molecule has 2 rings (SSSR count). The molecule has 1 atom stereocenters. The molecule has 0 spiro atoms. The summed E-state index contributed by atoms with van der Waals surface area (Å²) in [6.07, 6.45) is 1.79. The first-order valence-electron chi connectivity index (χ1n) is 5.61. The SMILES string of the molecule is CC1CCCN(C(=O)c2ccccc2)C1=O. The summed E-state index contributed by atoms with van der Waals surface area (Å²) in [7, 11) is 0. The lowest BCUT2D eigenvalue weighted by molar-refractivity contribution is -0.134. The lowest BCUT2D eigenvalue weighted by atomic mass is 9.98. The van der Waals surface area contributed by atoms with Gasteiger partial charge in [0.05, 0.1) is 0 Å². The standard InChI is InChI=1S/C13H15NO2/c1-10-6-5-9-14(12(10)15)13(16)11-7-3-2-4-8-11/h2-4,7-8,10H,5-6,9H2,1H3. The van der Waals surface area contributed by atoms with Gasteiger partial charge in [-0.3, -0.25) is 14.5 Å². The van der Waals surface area contributed by atoms with Crippen LogP contribution in [0.2, 0.25) is 0 Å². The normalized spacial score (nSPS) is 20.9. The highest BCUT2D eigenvalue weighted by Crippen LogP contribution is 2.19. The Morgan fingerprint density at radius 3 is 2.69 bits per heavy atom. The van der Waals surface area contributed by atoms with E-state index < -0.39 is 0 Å². The van der Waals surface area contributed by atoms with E-state index in [1.54, 1.807) is 12.1 Å². The molecule has 3 heteroatoms. The monoisotopic (exact) mass is 217 g/mol. The second kappa shape index (κ2) is 4.47. The molecule has 0 aromatic heterocycles. The number of likely N-dealkylation sites (tertiary alicyclic amines) is 1. The van der Waals surface area contributed by atoms with E-state index in [2.05, 4.69) is 0 Å². The first kappa shape index (κ1) is 10.9. The quantitative estimate of drug-likeness (QED) is 0.675. The van der Waals surface area contributed by atoms with Crippen LogP contribution in [0.3, 0.4) is 0 Å². The van der Waals surface area contributed by atoms with Crippen molar-refractivity contribution in [2.45, 2.75) is 19.8 Å². The molecule has 1 saturated heterocycles. The third-order valence-electron chi connectivity index (χ3n) is 2.97. The van der Waals surface area contributed by atoms with Crippen LogP contribution in [0.1, 0.15) is 30.1 Å². The number of rotatable bonds is 1. The van der Waals surface area contributed by atoms with Crippen LogP contribution in [-0.4, -0.2) is 23.3 Å². The van der Waals surface area contributed by atoms with Crippen LogP contribution in [0.4, 0.5) is 0 Å². The zero-order valence-electron chi connectivity index (χ0n) is 9.35. The lowest BCUT2D eigenvalue weighted by Crippen LogP contribution is -2.44. The predicted octanol–water partition coefficient (Wildman–Crippen LogP) is 2.09. The Morgan fingerprint density at radius 1 is 1.31 bits per heavy atom. The van der Waals surface area contributed by atoms with Crippen LogP contribution in [0, 0.1) is 5.92 Å². The molecule has 1 heterocycles. The molecule has 0 saturated carbocycles. The summed E-state index contributed by atoms with van der Waals surface area (Å²) in [6, 6.07) is 8.97. The third kappa shape index (κ3) is 1.98. The fourth-order valence-electron chi connectivity index (χ4n) is 1.99. The van der Waals surface area contributed by atoms with Crippen LogP contribution < -0.4 is 0 Å². The number of benzene rings is 1. The molecule has 1 aliphatic rings. The van der Waals surface area contributed by atoms with E-state index in [9.17, 15) is 9.59 Å². The Hall–Kier alpha value is -1.64. The number of piperidine rings is 1. The maximum atomic E-state index is 12.1. The van der Waals surface area contributed by atoms with Crippen molar-refractivity contribution >= 4 is 11.8 Å². The molecule has 1 aliphatic heterocycles. The molecule has 0 aliphatic carbocycles. The summed E-state index contributed by atoms with van der Waals surface area (Å²) in [5, 5.41) is 0. The van der Waals surface area contributed by atoms with E-state index in [-0.39, 0.29) is 17.7 Å². The fourth-order valence-corrected chi connectivity index (χ4v) is 1.99. The Balaban J connectivity index is 2.19. The molecule has 84 valence electrons.